The first-order chi connectivity index (χ1) is 9.27. The Morgan fingerprint density at radius 2 is 2.11 bits per heavy atom. The smallest absolute Gasteiger partial charge is 0.253 e. The summed E-state index contributed by atoms with van der Waals surface area (Å²) in [4.78, 5) is 16.3. The highest BCUT2D eigenvalue weighted by Gasteiger charge is 2.12. The molecule has 0 bridgehead atoms. The summed E-state index contributed by atoms with van der Waals surface area (Å²) in [7, 11) is 0. The van der Waals surface area contributed by atoms with Gasteiger partial charge in [-0.05, 0) is 11.6 Å². The molecule has 1 aromatic heterocycles. The maximum atomic E-state index is 12.1. The summed E-state index contributed by atoms with van der Waals surface area (Å²) in [5.74, 6) is 6.77. The van der Waals surface area contributed by atoms with Crippen LogP contribution in [-0.2, 0) is 0 Å². The third-order valence-electron chi connectivity index (χ3n) is 2.77. The van der Waals surface area contributed by atoms with Gasteiger partial charge in [0.15, 0.2) is 0 Å². The van der Waals surface area contributed by atoms with E-state index in [1.807, 2.05) is 30.5 Å². The topological polar surface area (TPSA) is 80.0 Å². The molecule has 0 radical (unpaired) electrons. The van der Waals surface area contributed by atoms with Crippen molar-refractivity contribution in [1.82, 2.24) is 10.3 Å². The van der Waals surface area contributed by atoms with Crippen LogP contribution in [0.5, 0.6) is 0 Å². The number of anilines is 1. The number of rotatable bonds is 5. The Kier molecular flexibility index (Phi) is 4.59. The summed E-state index contributed by atoms with van der Waals surface area (Å²) >= 11 is 1.69. The fourth-order valence-corrected chi connectivity index (χ4v) is 2.16. The van der Waals surface area contributed by atoms with E-state index in [2.05, 4.69) is 15.7 Å². The van der Waals surface area contributed by atoms with Crippen LogP contribution in [0.3, 0.4) is 0 Å². The normalized spacial score (nSPS) is 10.4. The van der Waals surface area contributed by atoms with Gasteiger partial charge in [0, 0.05) is 23.9 Å². The van der Waals surface area contributed by atoms with Gasteiger partial charge < -0.3 is 10.7 Å². The maximum absolute atomic E-state index is 12.1. The molecule has 4 N–H and O–H groups in total. The standard InChI is InChI=1S/C13H16N4OS/c1-19-7-6-15-13(18)11-8-16-12(17-14)10-5-3-2-4-9(10)11/h2-5,8H,6-7,14H2,1H3,(H,15,18)(H,16,17). The highest BCUT2D eigenvalue weighted by molar-refractivity contribution is 7.98. The number of fused-ring (bicyclic) bond motifs is 1. The molecule has 1 aromatic carbocycles. The Morgan fingerprint density at radius 3 is 2.79 bits per heavy atom. The molecule has 5 nitrogen and oxygen atoms in total. The number of thioether (sulfide) groups is 1. The first-order valence-corrected chi connectivity index (χ1v) is 7.28. The summed E-state index contributed by atoms with van der Waals surface area (Å²) < 4.78 is 0. The molecule has 0 saturated carbocycles. The number of carbonyl (C=O) groups excluding carboxylic acids is 1. The number of pyridine rings is 1. The van der Waals surface area contributed by atoms with Gasteiger partial charge in [0.05, 0.1) is 5.56 Å². The molecule has 0 fully saturated rings. The fourth-order valence-electron chi connectivity index (χ4n) is 1.85. The number of benzene rings is 1. The third kappa shape index (κ3) is 2.97. The Bertz CT molecular complexity index is 588. The number of hydrogen-bond donors (Lipinski definition) is 3. The van der Waals surface area contributed by atoms with Crippen LogP contribution >= 0.6 is 11.8 Å². The predicted octanol–water partition coefficient (Wildman–Crippen LogP) is 1.61. The average Bonchev–Trinajstić information content (AvgIpc) is 2.46. The Balaban J connectivity index is 2.36. The van der Waals surface area contributed by atoms with Gasteiger partial charge in [-0.15, -0.1) is 0 Å². The van der Waals surface area contributed by atoms with Crippen molar-refractivity contribution in [3.63, 3.8) is 0 Å². The molecule has 0 saturated heterocycles. The highest BCUT2D eigenvalue weighted by Crippen LogP contribution is 2.23. The second-order valence-corrected chi connectivity index (χ2v) is 4.94. The van der Waals surface area contributed by atoms with Gasteiger partial charge in [-0.3, -0.25) is 4.79 Å². The van der Waals surface area contributed by atoms with Gasteiger partial charge in [0.2, 0.25) is 0 Å². The molecule has 100 valence electrons. The number of nitrogen functional groups attached to an aromatic ring is 1. The Hall–Kier alpha value is -1.79. The van der Waals surface area contributed by atoms with E-state index < -0.39 is 0 Å². The molecule has 1 heterocycles. The van der Waals surface area contributed by atoms with Crippen LogP contribution in [0.15, 0.2) is 30.5 Å². The van der Waals surface area contributed by atoms with E-state index in [1.165, 1.54) is 0 Å². The third-order valence-corrected chi connectivity index (χ3v) is 3.38. The number of nitrogens with zero attached hydrogens (tertiary/aromatic N) is 1. The van der Waals surface area contributed by atoms with Crippen LogP contribution in [0.4, 0.5) is 5.82 Å². The quantitative estimate of drug-likeness (QED) is 0.439. The lowest BCUT2D eigenvalue weighted by Gasteiger charge is -2.10. The first kappa shape index (κ1) is 13.6. The van der Waals surface area contributed by atoms with Gasteiger partial charge >= 0.3 is 0 Å². The molecule has 0 atom stereocenters. The van der Waals surface area contributed by atoms with Crippen molar-refractivity contribution in [3.05, 3.63) is 36.0 Å². The molecule has 0 aliphatic heterocycles. The van der Waals surface area contributed by atoms with Crippen LogP contribution in [0.1, 0.15) is 10.4 Å². The summed E-state index contributed by atoms with van der Waals surface area (Å²) in [5, 5.41) is 4.55. The predicted molar refractivity (Wildman–Crippen MR) is 80.3 cm³/mol. The molecule has 0 spiro atoms. The minimum absolute atomic E-state index is 0.110. The van der Waals surface area contributed by atoms with Crippen molar-refractivity contribution in [2.45, 2.75) is 0 Å². The number of amides is 1. The highest BCUT2D eigenvalue weighted by atomic mass is 32.2. The summed E-state index contributed by atoms with van der Waals surface area (Å²) in [6.07, 6.45) is 3.55. The molecule has 0 unspecified atom stereocenters. The van der Waals surface area contributed by atoms with E-state index in [-0.39, 0.29) is 5.91 Å². The lowest BCUT2D eigenvalue weighted by atomic mass is 10.1. The summed E-state index contributed by atoms with van der Waals surface area (Å²) in [5.41, 5.74) is 3.11. The number of nitrogens with two attached hydrogens (primary N) is 1. The SMILES string of the molecule is CSCCNC(=O)c1cnc(NN)c2ccccc12. The van der Waals surface area contributed by atoms with E-state index in [1.54, 1.807) is 18.0 Å². The van der Waals surface area contributed by atoms with Crippen LogP contribution in [0, 0.1) is 0 Å². The zero-order chi connectivity index (χ0) is 13.7. The van der Waals surface area contributed by atoms with E-state index in [4.69, 9.17) is 5.84 Å². The van der Waals surface area contributed by atoms with E-state index in [0.717, 1.165) is 16.5 Å². The van der Waals surface area contributed by atoms with E-state index in [0.29, 0.717) is 17.9 Å². The molecule has 2 aromatic rings. The van der Waals surface area contributed by atoms with Crippen molar-refractivity contribution in [2.24, 2.45) is 5.84 Å². The molecule has 0 aliphatic rings. The van der Waals surface area contributed by atoms with E-state index in [9.17, 15) is 4.79 Å². The van der Waals surface area contributed by atoms with Gasteiger partial charge in [-0.25, -0.2) is 10.8 Å². The average molecular weight is 276 g/mol. The molecular formula is C13H16N4OS. The van der Waals surface area contributed by atoms with Crippen LogP contribution < -0.4 is 16.6 Å². The molecule has 19 heavy (non-hydrogen) atoms. The van der Waals surface area contributed by atoms with Crippen LogP contribution in [-0.4, -0.2) is 29.4 Å². The number of carbonyl (C=O) groups is 1. The zero-order valence-corrected chi connectivity index (χ0v) is 11.5. The monoisotopic (exact) mass is 276 g/mol. The number of hydrogen-bond acceptors (Lipinski definition) is 5. The van der Waals surface area contributed by atoms with Crippen molar-refractivity contribution in [3.8, 4) is 0 Å². The first-order valence-electron chi connectivity index (χ1n) is 5.89. The van der Waals surface area contributed by atoms with Gasteiger partial charge in [0.25, 0.3) is 5.91 Å². The fraction of sp³-hybridized carbons (Fsp3) is 0.231. The lowest BCUT2D eigenvalue weighted by Crippen LogP contribution is -2.26. The van der Waals surface area contributed by atoms with Gasteiger partial charge in [0.1, 0.15) is 5.82 Å². The number of nitrogens with one attached hydrogen (secondary N) is 2. The van der Waals surface area contributed by atoms with E-state index >= 15 is 0 Å². The Labute approximate surface area is 115 Å². The maximum Gasteiger partial charge on any atom is 0.253 e. The van der Waals surface area contributed by atoms with Crippen molar-refractivity contribution in [2.75, 3.05) is 24.0 Å². The summed E-state index contributed by atoms with van der Waals surface area (Å²) in [6, 6.07) is 7.55. The minimum atomic E-state index is -0.110. The largest absolute Gasteiger partial charge is 0.351 e. The molecule has 2 rings (SSSR count). The second kappa shape index (κ2) is 6.40. The molecule has 1 amide bonds. The van der Waals surface area contributed by atoms with Crippen molar-refractivity contribution < 1.29 is 4.79 Å². The second-order valence-electron chi connectivity index (χ2n) is 3.96. The van der Waals surface area contributed by atoms with Gasteiger partial charge in [-0.2, -0.15) is 11.8 Å². The number of aromatic nitrogens is 1. The summed E-state index contributed by atoms with van der Waals surface area (Å²) in [6.45, 7) is 0.644. The zero-order valence-electron chi connectivity index (χ0n) is 10.6. The van der Waals surface area contributed by atoms with Gasteiger partial charge in [-0.1, -0.05) is 24.3 Å². The lowest BCUT2D eigenvalue weighted by molar-refractivity contribution is 0.0957. The van der Waals surface area contributed by atoms with Crippen molar-refractivity contribution >= 4 is 34.3 Å². The molecule has 6 heteroatoms. The minimum Gasteiger partial charge on any atom is -0.351 e. The number of hydrazine groups is 1. The Morgan fingerprint density at radius 1 is 1.37 bits per heavy atom. The van der Waals surface area contributed by atoms with Crippen LogP contribution in [0.25, 0.3) is 10.8 Å². The molecule has 0 aliphatic carbocycles. The van der Waals surface area contributed by atoms with Crippen LogP contribution in [0.2, 0.25) is 0 Å². The molecular weight excluding hydrogens is 260 g/mol. The van der Waals surface area contributed by atoms with Crippen molar-refractivity contribution in [1.29, 1.82) is 0 Å².